The minimum absolute atomic E-state index is 0.102. The topological polar surface area (TPSA) is 111 Å². The van der Waals surface area contributed by atoms with Crippen LogP contribution in [0.3, 0.4) is 0 Å². The van der Waals surface area contributed by atoms with Crippen LogP contribution in [0.25, 0.3) is 21.3 Å². The molecule has 0 fully saturated rings. The molecule has 0 aliphatic rings. The molecule has 3 heterocycles. The van der Waals surface area contributed by atoms with Crippen molar-refractivity contribution >= 4 is 53.5 Å². The Hall–Kier alpha value is -3.96. The maximum Gasteiger partial charge on any atom is 0.265 e. The normalized spacial score (nSPS) is 11.7. The first-order chi connectivity index (χ1) is 16.7. The molecule has 3 aromatic heterocycles. The van der Waals surface area contributed by atoms with Gasteiger partial charge in [-0.05, 0) is 42.5 Å². The number of rotatable bonds is 5. The number of hydrogen-bond acceptors (Lipinski definition) is 7. The molecule has 11 heteroatoms. The molecule has 5 rings (SSSR count). The third kappa shape index (κ3) is 4.43. The van der Waals surface area contributed by atoms with Crippen LogP contribution in [0.5, 0.6) is 0 Å². The zero-order valence-electron chi connectivity index (χ0n) is 18.2. The predicted molar refractivity (Wildman–Crippen MR) is 132 cm³/mol. The molecule has 0 saturated heterocycles. The number of anilines is 1. The quantitative estimate of drug-likeness (QED) is 0.386. The Labute approximate surface area is 202 Å². The summed E-state index contributed by atoms with van der Waals surface area (Å²) >= 11 is 1.09. The van der Waals surface area contributed by atoms with E-state index in [0.29, 0.717) is 21.3 Å². The molecule has 0 aliphatic carbocycles. The standard InChI is InChI=1S/C24H17FN4O4S2/c1-35(32,33)16-8-9-19-20(12-16)34-24(27-19)28-22(30)17-11-14-6-4-10-26-21(14)29(23(17)31)13-15-5-2-3-7-18(15)25/h2-12H,13H2,1H3,(H,27,28,30). The molecule has 8 nitrogen and oxygen atoms in total. The largest absolute Gasteiger partial charge is 0.298 e. The first-order valence-corrected chi connectivity index (χ1v) is 13.1. The number of aromatic nitrogens is 3. The zero-order chi connectivity index (χ0) is 24.7. The first kappa shape index (κ1) is 22.8. The number of sulfone groups is 1. The fourth-order valence-corrected chi connectivity index (χ4v) is 5.29. The average Bonchev–Trinajstić information content (AvgIpc) is 3.22. The summed E-state index contributed by atoms with van der Waals surface area (Å²) in [5.41, 5.74) is 0.338. The van der Waals surface area contributed by atoms with Gasteiger partial charge in [0.1, 0.15) is 17.0 Å². The second-order valence-electron chi connectivity index (χ2n) is 7.83. The number of amides is 1. The smallest absolute Gasteiger partial charge is 0.265 e. The van der Waals surface area contributed by atoms with Crippen LogP contribution >= 0.6 is 11.3 Å². The van der Waals surface area contributed by atoms with Gasteiger partial charge in [-0.25, -0.2) is 22.8 Å². The molecule has 0 saturated carbocycles. The van der Waals surface area contributed by atoms with Crippen molar-refractivity contribution in [1.82, 2.24) is 14.5 Å². The second-order valence-corrected chi connectivity index (χ2v) is 10.9. The van der Waals surface area contributed by atoms with Crippen LogP contribution in [-0.2, 0) is 16.4 Å². The highest BCUT2D eigenvalue weighted by atomic mass is 32.2. The lowest BCUT2D eigenvalue weighted by Crippen LogP contribution is -2.30. The highest BCUT2D eigenvalue weighted by Crippen LogP contribution is 2.28. The summed E-state index contributed by atoms with van der Waals surface area (Å²) < 4.78 is 39.8. The van der Waals surface area contributed by atoms with Crippen LogP contribution in [0.1, 0.15) is 15.9 Å². The first-order valence-electron chi connectivity index (χ1n) is 10.3. The van der Waals surface area contributed by atoms with Crippen molar-refractivity contribution in [3.05, 3.63) is 94.2 Å². The number of thiazole rings is 1. The Bertz CT molecular complexity index is 1790. The Morgan fingerprint density at radius 3 is 2.69 bits per heavy atom. The Kier molecular flexibility index (Phi) is 5.65. The van der Waals surface area contributed by atoms with Gasteiger partial charge in [-0.3, -0.25) is 19.5 Å². The van der Waals surface area contributed by atoms with E-state index in [4.69, 9.17) is 0 Å². The Balaban J connectivity index is 1.54. The van der Waals surface area contributed by atoms with E-state index in [1.54, 1.807) is 36.4 Å². The molecular weight excluding hydrogens is 491 g/mol. The van der Waals surface area contributed by atoms with Crippen LogP contribution in [-0.4, -0.2) is 35.1 Å². The van der Waals surface area contributed by atoms with Gasteiger partial charge in [-0.2, -0.15) is 0 Å². The molecule has 0 radical (unpaired) electrons. The van der Waals surface area contributed by atoms with Gasteiger partial charge in [0.25, 0.3) is 11.5 Å². The van der Waals surface area contributed by atoms with Crippen LogP contribution in [0.4, 0.5) is 9.52 Å². The fraction of sp³-hybridized carbons (Fsp3) is 0.0833. The molecule has 0 bridgehead atoms. The van der Waals surface area contributed by atoms with Gasteiger partial charge in [0, 0.05) is 23.4 Å². The van der Waals surface area contributed by atoms with Crippen molar-refractivity contribution in [1.29, 1.82) is 0 Å². The van der Waals surface area contributed by atoms with E-state index in [0.717, 1.165) is 17.6 Å². The molecule has 0 atom stereocenters. The van der Waals surface area contributed by atoms with Crippen molar-refractivity contribution < 1.29 is 17.6 Å². The Morgan fingerprint density at radius 2 is 1.91 bits per heavy atom. The van der Waals surface area contributed by atoms with Crippen LogP contribution in [0.15, 0.2) is 76.6 Å². The number of carbonyl (C=O) groups excluding carboxylic acids is 1. The highest BCUT2D eigenvalue weighted by molar-refractivity contribution is 7.90. The number of hydrogen-bond donors (Lipinski definition) is 1. The number of halogens is 1. The number of carbonyl (C=O) groups is 1. The summed E-state index contributed by atoms with van der Waals surface area (Å²) in [6.45, 7) is -0.102. The fourth-order valence-electron chi connectivity index (χ4n) is 3.67. The summed E-state index contributed by atoms with van der Waals surface area (Å²) in [6, 6.07) is 15.4. The number of pyridine rings is 2. The number of nitrogens with one attached hydrogen (secondary N) is 1. The van der Waals surface area contributed by atoms with Gasteiger partial charge in [0.05, 0.1) is 21.7 Å². The van der Waals surface area contributed by atoms with E-state index < -0.39 is 27.1 Å². The van der Waals surface area contributed by atoms with Crippen molar-refractivity contribution in [2.75, 3.05) is 11.6 Å². The molecule has 176 valence electrons. The predicted octanol–water partition coefficient (Wildman–Crippen LogP) is 3.85. The molecular formula is C24H17FN4O4S2. The third-order valence-corrected chi connectivity index (χ3v) is 7.43. The molecule has 35 heavy (non-hydrogen) atoms. The molecule has 0 aliphatic heterocycles. The van der Waals surface area contributed by atoms with Crippen LogP contribution in [0, 0.1) is 5.82 Å². The summed E-state index contributed by atoms with van der Waals surface area (Å²) in [6.07, 6.45) is 2.63. The average molecular weight is 509 g/mol. The lowest BCUT2D eigenvalue weighted by molar-refractivity contribution is 0.102. The van der Waals surface area contributed by atoms with E-state index in [1.807, 2.05) is 0 Å². The van der Waals surface area contributed by atoms with Gasteiger partial charge in [-0.1, -0.05) is 29.5 Å². The molecule has 0 unspecified atom stereocenters. The van der Waals surface area contributed by atoms with E-state index in [1.165, 1.54) is 35.0 Å². The maximum atomic E-state index is 14.3. The van der Waals surface area contributed by atoms with E-state index in [-0.39, 0.29) is 27.7 Å². The van der Waals surface area contributed by atoms with E-state index >= 15 is 0 Å². The van der Waals surface area contributed by atoms with Crippen LogP contribution in [0.2, 0.25) is 0 Å². The minimum Gasteiger partial charge on any atom is -0.298 e. The molecule has 0 spiro atoms. The monoisotopic (exact) mass is 508 g/mol. The van der Waals surface area contributed by atoms with Gasteiger partial charge in [0.15, 0.2) is 15.0 Å². The number of fused-ring (bicyclic) bond motifs is 2. The summed E-state index contributed by atoms with van der Waals surface area (Å²) in [5, 5.41) is 3.37. The third-order valence-electron chi connectivity index (χ3n) is 5.39. The van der Waals surface area contributed by atoms with Crippen LogP contribution < -0.4 is 10.9 Å². The lowest BCUT2D eigenvalue weighted by atomic mass is 10.1. The SMILES string of the molecule is CS(=O)(=O)c1ccc2nc(NC(=O)c3cc4cccnc4n(Cc4ccccc4F)c3=O)sc2c1. The number of nitrogens with zero attached hydrogens (tertiary/aromatic N) is 3. The van der Waals surface area contributed by atoms with Gasteiger partial charge < -0.3 is 0 Å². The zero-order valence-corrected chi connectivity index (χ0v) is 19.9. The molecule has 1 N–H and O–H groups in total. The molecule has 5 aromatic rings. The molecule has 1 amide bonds. The van der Waals surface area contributed by atoms with E-state index in [9.17, 15) is 22.4 Å². The number of benzene rings is 2. The summed E-state index contributed by atoms with van der Waals surface area (Å²) in [7, 11) is -3.40. The van der Waals surface area contributed by atoms with Crippen molar-refractivity contribution in [3.8, 4) is 0 Å². The molecule has 2 aromatic carbocycles. The van der Waals surface area contributed by atoms with E-state index in [2.05, 4.69) is 15.3 Å². The second kappa shape index (κ2) is 8.67. The Morgan fingerprint density at radius 1 is 1.11 bits per heavy atom. The maximum absolute atomic E-state index is 14.3. The summed E-state index contributed by atoms with van der Waals surface area (Å²) in [4.78, 5) is 35.1. The van der Waals surface area contributed by atoms with Gasteiger partial charge in [0.2, 0.25) is 0 Å². The summed E-state index contributed by atoms with van der Waals surface area (Å²) in [5.74, 6) is -1.16. The van der Waals surface area contributed by atoms with Crippen molar-refractivity contribution in [2.45, 2.75) is 11.4 Å². The van der Waals surface area contributed by atoms with Crippen molar-refractivity contribution in [2.24, 2.45) is 0 Å². The van der Waals surface area contributed by atoms with Gasteiger partial charge >= 0.3 is 0 Å². The minimum atomic E-state index is -3.40. The highest BCUT2D eigenvalue weighted by Gasteiger charge is 2.19. The lowest BCUT2D eigenvalue weighted by Gasteiger charge is -2.12. The van der Waals surface area contributed by atoms with Gasteiger partial charge in [-0.15, -0.1) is 0 Å². The van der Waals surface area contributed by atoms with Crippen molar-refractivity contribution in [3.63, 3.8) is 0 Å².